The minimum Gasteiger partial charge on any atom is -0.386 e. The van der Waals surface area contributed by atoms with Crippen LogP contribution in [0.1, 0.15) is 24.8 Å². The Labute approximate surface area is 114 Å². The Bertz CT molecular complexity index is 488. The number of fused-ring (bicyclic) bond motifs is 3. The van der Waals surface area contributed by atoms with Crippen molar-refractivity contribution in [3.05, 3.63) is 23.8 Å². The van der Waals surface area contributed by atoms with E-state index in [1.54, 1.807) is 0 Å². The lowest BCUT2D eigenvalue weighted by Gasteiger charge is -2.36. The monoisotopic (exact) mass is 259 g/mol. The first-order valence-electron chi connectivity index (χ1n) is 7.06. The molecule has 4 nitrogen and oxygen atoms in total. The number of nitrogens with one attached hydrogen (secondary N) is 1. The standard InChI is InChI=1S/C15H21N3O/c1-3-17-8-7-14-12(9-17)11-5-4-6-13(16-2)15(11)18(14)10-19/h4-6,10,12,14,16H,3,7-9H2,1-2H3. The number of likely N-dealkylation sites (tertiary alicyclic amines) is 1. The van der Waals surface area contributed by atoms with Crippen molar-refractivity contribution in [2.45, 2.75) is 25.3 Å². The zero-order valence-corrected chi connectivity index (χ0v) is 11.6. The largest absolute Gasteiger partial charge is 0.386 e. The van der Waals surface area contributed by atoms with Crippen LogP contribution in [-0.2, 0) is 4.79 Å². The third kappa shape index (κ3) is 1.82. The molecule has 2 atom stereocenters. The van der Waals surface area contributed by atoms with E-state index in [2.05, 4.69) is 29.3 Å². The van der Waals surface area contributed by atoms with E-state index in [4.69, 9.17) is 0 Å². The fourth-order valence-electron chi connectivity index (χ4n) is 3.58. The maximum Gasteiger partial charge on any atom is 0.214 e. The first kappa shape index (κ1) is 12.5. The van der Waals surface area contributed by atoms with Crippen LogP contribution in [0.25, 0.3) is 0 Å². The second-order valence-electron chi connectivity index (χ2n) is 5.36. The van der Waals surface area contributed by atoms with E-state index in [1.807, 2.05) is 18.0 Å². The van der Waals surface area contributed by atoms with Crippen LogP contribution >= 0.6 is 0 Å². The average molecular weight is 259 g/mol. The topological polar surface area (TPSA) is 35.6 Å². The van der Waals surface area contributed by atoms with Crippen molar-refractivity contribution < 1.29 is 4.79 Å². The molecule has 102 valence electrons. The summed E-state index contributed by atoms with van der Waals surface area (Å²) in [4.78, 5) is 15.9. The Morgan fingerprint density at radius 3 is 3.00 bits per heavy atom. The molecule has 2 aliphatic rings. The molecule has 2 aliphatic heterocycles. The van der Waals surface area contributed by atoms with Gasteiger partial charge in [0.25, 0.3) is 0 Å². The summed E-state index contributed by atoms with van der Waals surface area (Å²) in [5.74, 6) is 0.460. The van der Waals surface area contributed by atoms with Gasteiger partial charge >= 0.3 is 0 Å². The fourth-order valence-corrected chi connectivity index (χ4v) is 3.58. The highest BCUT2D eigenvalue weighted by Crippen LogP contribution is 2.47. The minimum atomic E-state index is 0.338. The Morgan fingerprint density at radius 2 is 2.32 bits per heavy atom. The number of hydrogen-bond acceptors (Lipinski definition) is 3. The highest BCUT2D eigenvalue weighted by atomic mass is 16.1. The predicted molar refractivity (Wildman–Crippen MR) is 77.8 cm³/mol. The number of likely N-dealkylation sites (N-methyl/N-ethyl adjacent to an activating group) is 1. The van der Waals surface area contributed by atoms with Gasteiger partial charge in [-0.3, -0.25) is 4.79 Å². The van der Waals surface area contributed by atoms with E-state index in [9.17, 15) is 4.79 Å². The van der Waals surface area contributed by atoms with Crippen LogP contribution in [-0.4, -0.2) is 44.0 Å². The van der Waals surface area contributed by atoms with Crippen molar-refractivity contribution >= 4 is 17.8 Å². The van der Waals surface area contributed by atoms with Gasteiger partial charge < -0.3 is 15.1 Å². The van der Waals surface area contributed by atoms with Crippen LogP contribution in [0.2, 0.25) is 0 Å². The van der Waals surface area contributed by atoms with Gasteiger partial charge in [-0.2, -0.15) is 0 Å². The summed E-state index contributed by atoms with van der Waals surface area (Å²) in [6, 6.07) is 6.64. The lowest BCUT2D eigenvalue weighted by atomic mass is 9.89. The molecule has 1 aromatic rings. The summed E-state index contributed by atoms with van der Waals surface area (Å²) in [6.07, 6.45) is 2.07. The Kier molecular flexibility index (Phi) is 3.19. The van der Waals surface area contributed by atoms with Crippen LogP contribution in [0.3, 0.4) is 0 Å². The summed E-state index contributed by atoms with van der Waals surface area (Å²) in [7, 11) is 1.92. The maximum atomic E-state index is 11.5. The molecule has 4 heteroatoms. The summed E-state index contributed by atoms with van der Waals surface area (Å²) in [6.45, 7) is 5.44. The van der Waals surface area contributed by atoms with E-state index >= 15 is 0 Å². The second kappa shape index (κ2) is 4.85. The molecule has 1 N–H and O–H groups in total. The van der Waals surface area contributed by atoms with Crippen LogP contribution in [0.4, 0.5) is 11.4 Å². The predicted octanol–water partition coefficient (Wildman–Crippen LogP) is 1.88. The molecular formula is C15H21N3O. The Morgan fingerprint density at radius 1 is 1.47 bits per heavy atom. The number of amides is 1. The summed E-state index contributed by atoms with van der Waals surface area (Å²) < 4.78 is 0. The fraction of sp³-hybridized carbons (Fsp3) is 0.533. The number of rotatable bonds is 3. The lowest BCUT2D eigenvalue weighted by Crippen LogP contribution is -2.45. The molecule has 19 heavy (non-hydrogen) atoms. The zero-order valence-electron chi connectivity index (χ0n) is 11.6. The molecule has 3 rings (SSSR count). The molecule has 0 spiro atoms. The third-order valence-electron chi connectivity index (χ3n) is 4.57. The van der Waals surface area contributed by atoms with Crippen LogP contribution < -0.4 is 10.2 Å². The lowest BCUT2D eigenvalue weighted by molar-refractivity contribution is -0.108. The normalized spacial score (nSPS) is 25.9. The second-order valence-corrected chi connectivity index (χ2v) is 5.36. The number of hydrogen-bond donors (Lipinski definition) is 1. The number of piperidine rings is 1. The van der Waals surface area contributed by atoms with Gasteiger partial charge in [-0.05, 0) is 24.6 Å². The van der Waals surface area contributed by atoms with Gasteiger partial charge in [0.2, 0.25) is 6.41 Å². The highest BCUT2D eigenvalue weighted by molar-refractivity contribution is 5.89. The quantitative estimate of drug-likeness (QED) is 0.842. The summed E-state index contributed by atoms with van der Waals surface area (Å²) in [5, 5.41) is 3.21. The van der Waals surface area contributed by atoms with E-state index in [0.29, 0.717) is 12.0 Å². The minimum absolute atomic E-state index is 0.338. The molecule has 2 unspecified atom stereocenters. The smallest absolute Gasteiger partial charge is 0.214 e. The summed E-state index contributed by atoms with van der Waals surface area (Å²) >= 11 is 0. The number of benzene rings is 1. The molecule has 0 bridgehead atoms. The molecule has 0 saturated carbocycles. The number of carbonyl (C=O) groups is 1. The van der Waals surface area contributed by atoms with Crippen LogP contribution in [0.5, 0.6) is 0 Å². The molecule has 1 saturated heterocycles. The van der Waals surface area contributed by atoms with Gasteiger partial charge in [0.05, 0.1) is 11.4 Å². The van der Waals surface area contributed by atoms with Crippen molar-refractivity contribution in [3.63, 3.8) is 0 Å². The summed E-state index contributed by atoms with van der Waals surface area (Å²) in [5.41, 5.74) is 3.47. The highest BCUT2D eigenvalue weighted by Gasteiger charge is 2.42. The number of carbonyl (C=O) groups excluding carboxylic acids is 1. The van der Waals surface area contributed by atoms with E-state index in [1.165, 1.54) is 5.56 Å². The molecule has 1 amide bonds. The van der Waals surface area contributed by atoms with E-state index < -0.39 is 0 Å². The molecule has 0 radical (unpaired) electrons. The van der Waals surface area contributed by atoms with Crippen molar-refractivity contribution in [3.8, 4) is 0 Å². The van der Waals surface area contributed by atoms with Gasteiger partial charge in [0.15, 0.2) is 0 Å². The first-order chi connectivity index (χ1) is 9.30. The average Bonchev–Trinajstić information content (AvgIpc) is 2.80. The third-order valence-corrected chi connectivity index (χ3v) is 4.57. The zero-order chi connectivity index (χ0) is 13.4. The first-order valence-corrected chi connectivity index (χ1v) is 7.06. The Hall–Kier alpha value is -1.55. The van der Waals surface area contributed by atoms with Crippen LogP contribution in [0, 0.1) is 0 Å². The number of para-hydroxylation sites is 1. The SMILES string of the molecule is CCN1CCC2C(C1)c1cccc(NC)c1N2C=O. The van der Waals surface area contributed by atoms with Crippen molar-refractivity contribution in [2.24, 2.45) is 0 Å². The molecule has 1 fully saturated rings. The molecule has 0 aromatic heterocycles. The van der Waals surface area contributed by atoms with E-state index in [-0.39, 0.29) is 0 Å². The van der Waals surface area contributed by atoms with Crippen LogP contribution in [0.15, 0.2) is 18.2 Å². The van der Waals surface area contributed by atoms with Gasteiger partial charge in [0.1, 0.15) is 0 Å². The molecular weight excluding hydrogens is 238 g/mol. The van der Waals surface area contributed by atoms with Gasteiger partial charge in [-0.15, -0.1) is 0 Å². The number of nitrogens with zero attached hydrogens (tertiary/aromatic N) is 2. The number of anilines is 2. The Balaban J connectivity index is 2.04. The van der Waals surface area contributed by atoms with Gasteiger partial charge in [-0.25, -0.2) is 0 Å². The van der Waals surface area contributed by atoms with Crippen molar-refractivity contribution in [1.82, 2.24) is 4.90 Å². The van der Waals surface area contributed by atoms with E-state index in [0.717, 1.165) is 43.8 Å². The van der Waals surface area contributed by atoms with Gasteiger partial charge in [0, 0.05) is 32.1 Å². The molecule has 2 heterocycles. The van der Waals surface area contributed by atoms with Crippen molar-refractivity contribution in [1.29, 1.82) is 0 Å². The van der Waals surface area contributed by atoms with Crippen molar-refractivity contribution in [2.75, 3.05) is 36.9 Å². The van der Waals surface area contributed by atoms with Gasteiger partial charge in [-0.1, -0.05) is 19.1 Å². The maximum absolute atomic E-state index is 11.5. The molecule has 0 aliphatic carbocycles. The molecule has 1 aromatic carbocycles.